The number of likely N-dealkylation sites (tertiary alicyclic amines) is 1. The van der Waals surface area contributed by atoms with Crippen LogP contribution in [0.4, 0.5) is 10.5 Å². The van der Waals surface area contributed by atoms with E-state index in [0.717, 1.165) is 24.9 Å². The van der Waals surface area contributed by atoms with E-state index in [-0.39, 0.29) is 12.0 Å². The third-order valence-electron chi connectivity index (χ3n) is 4.40. The number of hydrogen-bond acceptors (Lipinski definition) is 6. The number of piperidine rings is 1. The molecule has 1 aliphatic heterocycles. The van der Waals surface area contributed by atoms with Crippen molar-refractivity contribution in [3.8, 4) is 0 Å². The van der Waals surface area contributed by atoms with Crippen LogP contribution in [-0.4, -0.2) is 47.3 Å². The molecule has 3 N–H and O–H groups in total. The first-order chi connectivity index (χ1) is 13.3. The van der Waals surface area contributed by atoms with Gasteiger partial charge in [-0.15, -0.1) is 0 Å². The minimum atomic E-state index is -0.550. The minimum absolute atomic E-state index is 0.0221. The number of ether oxygens (including phenoxy) is 2. The molecule has 29 heavy (non-hydrogen) atoms. The van der Waals surface area contributed by atoms with Crippen molar-refractivity contribution in [1.82, 2.24) is 10.2 Å². The summed E-state index contributed by atoms with van der Waals surface area (Å²) >= 11 is 0. The van der Waals surface area contributed by atoms with Gasteiger partial charge in [-0.3, -0.25) is 4.90 Å². The van der Waals surface area contributed by atoms with Gasteiger partial charge >= 0.3 is 12.1 Å². The monoisotopic (exact) mass is 405 g/mol. The number of rotatable bonds is 4. The molecule has 0 spiro atoms. The lowest BCUT2D eigenvalue weighted by molar-refractivity contribution is 0.00688. The molecule has 1 unspecified atom stereocenters. The molecule has 1 aromatic carbocycles. The molecule has 1 aromatic rings. The molecule has 1 heterocycles. The van der Waals surface area contributed by atoms with Gasteiger partial charge in [0.25, 0.3) is 0 Å². The fraction of sp³-hybridized carbons (Fsp3) is 0.636. The summed E-state index contributed by atoms with van der Waals surface area (Å²) in [6, 6.07) is 5.26. The van der Waals surface area contributed by atoms with Crippen molar-refractivity contribution in [3.63, 3.8) is 0 Å². The van der Waals surface area contributed by atoms with Crippen LogP contribution in [0.15, 0.2) is 18.2 Å². The summed E-state index contributed by atoms with van der Waals surface area (Å²) in [5.74, 6) is -0.359. The van der Waals surface area contributed by atoms with Gasteiger partial charge in [0.15, 0.2) is 0 Å². The maximum Gasteiger partial charge on any atom is 0.407 e. The molecule has 0 radical (unpaired) electrons. The van der Waals surface area contributed by atoms with Gasteiger partial charge in [0.2, 0.25) is 0 Å². The quantitative estimate of drug-likeness (QED) is 0.586. The molecule has 1 amide bonds. The summed E-state index contributed by atoms with van der Waals surface area (Å²) in [5, 5.41) is 2.95. The number of nitrogens with zero attached hydrogens (tertiary/aromatic N) is 1. The number of amides is 1. The zero-order valence-corrected chi connectivity index (χ0v) is 18.5. The zero-order chi connectivity index (χ0) is 21.8. The van der Waals surface area contributed by atoms with E-state index >= 15 is 0 Å². The van der Waals surface area contributed by atoms with E-state index in [1.54, 1.807) is 18.2 Å². The summed E-state index contributed by atoms with van der Waals surface area (Å²) in [5.41, 5.74) is 7.09. The first-order valence-electron chi connectivity index (χ1n) is 10.2. The highest BCUT2D eigenvalue weighted by molar-refractivity contribution is 5.90. The Bertz CT molecular complexity index is 735. The van der Waals surface area contributed by atoms with Crippen molar-refractivity contribution in [3.05, 3.63) is 29.3 Å². The molecule has 1 aliphatic rings. The molecule has 0 bridgehead atoms. The summed E-state index contributed by atoms with van der Waals surface area (Å²) in [6.07, 6.45) is 1.48. The largest absolute Gasteiger partial charge is 0.456 e. The average Bonchev–Trinajstić information content (AvgIpc) is 2.53. The summed E-state index contributed by atoms with van der Waals surface area (Å²) in [7, 11) is 0. The molecule has 0 aliphatic carbocycles. The smallest absolute Gasteiger partial charge is 0.407 e. The van der Waals surface area contributed by atoms with E-state index in [2.05, 4.69) is 10.2 Å². The number of alkyl carbamates (subject to hydrolysis) is 1. The number of anilines is 1. The molecular weight excluding hydrogens is 370 g/mol. The van der Waals surface area contributed by atoms with Crippen LogP contribution < -0.4 is 11.1 Å². The van der Waals surface area contributed by atoms with Crippen LogP contribution in [0.25, 0.3) is 0 Å². The number of carbonyl (C=O) groups is 2. The summed E-state index contributed by atoms with van der Waals surface area (Å²) in [6.45, 7) is 13.3. The van der Waals surface area contributed by atoms with Gasteiger partial charge in [-0.1, -0.05) is 0 Å². The van der Waals surface area contributed by atoms with Crippen molar-refractivity contribution in [2.45, 2.75) is 78.2 Å². The second kappa shape index (κ2) is 9.03. The number of nitrogen functional groups attached to an aromatic ring is 1. The molecule has 1 fully saturated rings. The summed E-state index contributed by atoms with van der Waals surface area (Å²) in [4.78, 5) is 26.7. The van der Waals surface area contributed by atoms with Gasteiger partial charge in [0.1, 0.15) is 11.2 Å². The molecule has 7 heteroatoms. The predicted molar refractivity (Wildman–Crippen MR) is 114 cm³/mol. The zero-order valence-electron chi connectivity index (χ0n) is 18.5. The van der Waals surface area contributed by atoms with Crippen molar-refractivity contribution < 1.29 is 19.1 Å². The number of nitrogens with two attached hydrogens (primary N) is 1. The second-order valence-electron chi connectivity index (χ2n) is 9.64. The standard InChI is InChI=1S/C22H35N3O4/c1-21(2,3)28-19(26)15-9-10-18(23)16(12-15)13-25-11-7-8-17(14-25)24-20(27)29-22(4,5)6/h9-10,12,17H,7-8,11,13-14,23H2,1-6H3,(H,24,27). The lowest BCUT2D eigenvalue weighted by Gasteiger charge is -2.33. The highest BCUT2D eigenvalue weighted by atomic mass is 16.6. The number of hydrogen-bond donors (Lipinski definition) is 2. The lowest BCUT2D eigenvalue weighted by atomic mass is 10.0. The number of benzene rings is 1. The molecule has 0 aromatic heterocycles. The van der Waals surface area contributed by atoms with Gasteiger partial charge in [-0.05, 0) is 84.7 Å². The van der Waals surface area contributed by atoms with Crippen LogP contribution in [0.5, 0.6) is 0 Å². The van der Waals surface area contributed by atoms with Gasteiger partial charge in [0, 0.05) is 24.8 Å². The third-order valence-corrected chi connectivity index (χ3v) is 4.40. The fourth-order valence-electron chi connectivity index (χ4n) is 3.24. The molecule has 162 valence electrons. The topological polar surface area (TPSA) is 93.9 Å². The number of nitrogens with one attached hydrogen (secondary N) is 1. The normalized spacial score (nSPS) is 18.2. The Morgan fingerprint density at radius 1 is 1.14 bits per heavy atom. The van der Waals surface area contributed by atoms with Crippen molar-refractivity contribution >= 4 is 17.7 Å². The molecule has 0 saturated carbocycles. The SMILES string of the molecule is CC(C)(C)OC(=O)NC1CCCN(Cc2cc(C(=O)OC(C)(C)C)ccc2N)C1. The van der Waals surface area contributed by atoms with E-state index < -0.39 is 17.3 Å². The van der Waals surface area contributed by atoms with Crippen LogP contribution in [0, 0.1) is 0 Å². The van der Waals surface area contributed by atoms with E-state index in [1.807, 2.05) is 41.5 Å². The maximum absolute atomic E-state index is 12.4. The maximum atomic E-state index is 12.4. The van der Waals surface area contributed by atoms with Crippen LogP contribution in [0.1, 0.15) is 70.3 Å². The van der Waals surface area contributed by atoms with E-state index in [4.69, 9.17) is 15.2 Å². The van der Waals surface area contributed by atoms with Crippen molar-refractivity contribution in [2.75, 3.05) is 18.8 Å². The van der Waals surface area contributed by atoms with Gasteiger partial charge in [0.05, 0.1) is 5.56 Å². The van der Waals surface area contributed by atoms with Gasteiger partial charge in [-0.2, -0.15) is 0 Å². The van der Waals surface area contributed by atoms with Gasteiger partial charge in [-0.25, -0.2) is 9.59 Å². The van der Waals surface area contributed by atoms with Crippen LogP contribution in [-0.2, 0) is 16.0 Å². The average molecular weight is 406 g/mol. The number of carbonyl (C=O) groups excluding carboxylic acids is 2. The fourth-order valence-corrected chi connectivity index (χ4v) is 3.24. The Kier molecular flexibility index (Phi) is 7.16. The van der Waals surface area contributed by atoms with Crippen molar-refractivity contribution in [1.29, 1.82) is 0 Å². The molecule has 2 rings (SSSR count). The number of esters is 1. The van der Waals surface area contributed by atoms with Gasteiger partial charge < -0.3 is 20.5 Å². The molecule has 1 saturated heterocycles. The van der Waals surface area contributed by atoms with Crippen LogP contribution >= 0.6 is 0 Å². The highest BCUT2D eigenvalue weighted by Crippen LogP contribution is 2.21. The molecule has 7 nitrogen and oxygen atoms in total. The Morgan fingerprint density at radius 2 is 1.79 bits per heavy atom. The lowest BCUT2D eigenvalue weighted by Crippen LogP contribution is -2.48. The molecule has 1 atom stereocenters. The van der Waals surface area contributed by atoms with E-state index in [0.29, 0.717) is 24.3 Å². The minimum Gasteiger partial charge on any atom is -0.456 e. The first kappa shape index (κ1) is 23.0. The highest BCUT2D eigenvalue weighted by Gasteiger charge is 2.25. The van der Waals surface area contributed by atoms with Crippen LogP contribution in [0.2, 0.25) is 0 Å². The Morgan fingerprint density at radius 3 is 2.41 bits per heavy atom. The Labute approximate surface area is 173 Å². The van der Waals surface area contributed by atoms with E-state index in [9.17, 15) is 9.59 Å². The Hall–Kier alpha value is -2.28. The second-order valence-corrected chi connectivity index (χ2v) is 9.64. The Balaban J connectivity index is 2.01. The third kappa shape index (κ3) is 7.93. The first-order valence-corrected chi connectivity index (χ1v) is 10.2. The summed E-state index contributed by atoms with van der Waals surface area (Å²) < 4.78 is 10.8. The van der Waals surface area contributed by atoms with E-state index in [1.165, 1.54) is 0 Å². The van der Waals surface area contributed by atoms with Crippen molar-refractivity contribution in [2.24, 2.45) is 0 Å². The predicted octanol–water partition coefficient (Wildman–Crippen LogP) is 3.71. The molecular formula is C22H35N3O4. The van der Waals surface area contributed by atoms with Crippen LogP contribution in [0.3, 0.4) is 0 Å².